The van der Waals surface area contributed by atoms with Crippen LogP contribution in [0.5, 0.6) is 5.75 Å². The summed E-state index contributed by atoms with van der Waals surface area (Å²) < 4.78 is 42.4. The van der Waals surface area contributed by atoms with E-state index in [1.54, 1.807) is 11.0 Å². The molecule has 0 amide bonds. The summed E-state index contributed by atoms with van der Waals surface area (Å²) in [5.41, 5.74) is 1.60. The first kappa shape index (κ1) is 26.8. The smallest absolute Gasteiger partial charge is 0.659 e. The molecule has 2 aromatic carbocycles. The molecule has 0 saturated carbocycles. The van der Waals surface area contributed by atoms with Gasteiger partial charge in [0.05, 0.1) is 19.8 Å². The first-order chi connectivity index (χ1) is 16.5. The van der Waals surface area contributed by atoms with E-state index in [1.165, 1.54) is 24.1 Å². The summed E-state index contributed by atoms with van der Waals surface area (Å²) in [5, 5.41) is 8.57. The Hall–Kier alpha value is -1.23. The Bertz CT molecular complexity index is 1130. The Morgan fingerprint density at radius 2 is 2.00 bits per heavy atom. The molecule has 2 saturated heterocycles. The molecule has 5 rings (SSSR count). The molecule has 180 valence electrons. The average Bonchev–Trinajstić information content (AvgIpc) is 3.49. The number of halogens is 2. The van der Waals surface area contributed by atoms with Gasteiger partial charge in [-0.3, -0.25) is 0 Å². The SMILES string of the molecule is Cc1cc(N2CC[N-]CC2)ccc1OCC1CO[C@@](Cn2cncn2)(c2ccc(F)cc2F)C1.[Rb+]. The van der Waals surface area contributed by atoms with E-state index in [0.717, 1.165) is 43.6 Å². The molecule has 2 aliphatic heterocycles. The van der Waals surface area contributed by atoms with Gasteiger partial charge in [0.1, 0.15) is 35.6 Å². The van der Waals surface area contributed by atoms with Crippen LogP contribution in [0.3, 0.4) is 0 Å². The van der Waals surface area contributed by atoms with Crippen LogP contribution in [0.25, 0.3) is 5.32 Å². The molecule has 0 spiro atoms. The normalized spacial score (nSPS) is 22.1. The number of aryl methyl sites for hydroxylation is 1. The van der Waals surface area contributed by atoms with Gasteiger partial charge in [-0.25, -0.2) is 18.4 Å². The number of nitrogens with zero attached hydrogens (tertiary/aromatic N) is 5. The van der Waals surface area contributed by atoms with Gasteiger partial charge in [0.2, 0.25) is 0 Å². The minimum Gasteiger partial charge on any atom is -0.659 e. The largest absolute Gasteiger partial charge is 1.00 e. The summed E-state index contributed by atoms with van der Waals surface area (Å²) in [7, 11) is 0. The summed E-state index contributed by atoms with van der Waals surface area (Å²) in [6, 6.07) is 9.86. The van der Waals surface area contributed by atoms with E-state index in [0.29, 0.717) is 25.2 Å². The van der Waals surface area contributed by atoms with Crippen LogP contribution in [0.4, 0.5) is 14.5 Å². The zero-order valence-electron chi connectivity index (χ0n) is 20.2. The molecule has 0 N–H and O–H groups in total. The molecule has 0 bridgehead atoms. The molecule has 2 atom stereocenters. The Kier molecular flexibility index (Phi) is 9.10. The van der Waals surface area contributed by atoms with Crippen LogP contribution in [0.15, 0.2) is 49.1 Å². The van der Waals surface area contributed by atoms with Crippen molar-refractivity contribution in [1.29, 1.82) is 0 Å². The number of aromatic nitrogens is 3. The molecule has 0 radical (unpaired) electrons. The molecule has 1 unspecified atom stereocenters. The Morgan fingerprint density at radius 1 is 1.17 bits per heavy atom. The first-order valence-corrected chi connectivity index (χ1v) is 11.6. The number of hydrogen-bond acceptors (Lipinski definition) is 5. The van der Waals surface area contributed by atoms with Gasteiger partial charge in [-0.05, 0) is 56.3 Å². The van der Waals surface area contributed by atoms with Crippen molar-refractivity contribution in [2.24, 2.45) is 5.92 Å². The quantitative estimate of drug-likeness (QED) is 0.438. The second-order valence-corrected chi connectivity index (χ2v) is 9.01. The van der Waals surface area contributed by atoms with Crippen LogP contribution in [-0.2, 0) is 16.9 Å². The fraction of sp³-hybridized carbons (Fsp3) is 0.440. The van der Waals surface area contributed by atoms with Gasteiger partial charge in [0, 0.05) is 23.2 Å². The van der Waals surface area contributed by atoms with Gasteiger partial charge < -0.3 is 19.7 Å². The summed E-state index contributed by atoms with van der Waals surface area (Å²) in [5.74, 6) is -0.380. The predicted molar refractivity (Wildman–Crippen MR) is 124 cm³/mol. The van der Waals surface area contributed by atoms with Crippen molar-refractivity contribution in [3.8, 4) is 5.75 Å². The fourth-order valence-corrected chi connectivity index (χ4v) is 4.85. The molecule has 2 fully saturated rings. The maximum atomic E-state index is 14.8. The van der Waals surface area contributed by atoms with Gasteiger partial charge in [-0.2, -0.15) is 5.10 Å². The summed E-state index contributed by atoms with van der Waals surface area (Å²) in [6.07, 6.45) is 3.51. The molecule has 7 nitrogen and oxygen atoms in total. The number of rotatable bonds is 7. The van der Waals surface area contributed by atoms with Gasteiger partial charge in [-0.1, -0.05) is 6.07 Å². The van der Waals surface area contributed by atoms with E-state index in [1.807, 2.05) is 13.0 Å². The molecule has 10 heteroatoms. The molecule has 3 heterocycles. The topological polar surface area (TPSA) is 66.5 Å². The predicted octanol–water partition coefficient (Wildman–Crippen LogP) is 1.07. The molecule has 2 aliphatic rings. The Balaban J connectivity index is 0.00000289. The number of hydrogen-bond donors (Lipinski definition) is 0. The van der Waals surface area contributed by atoms with E-state index in [2.05, 4.69) is 32.4 Å². The molecule has 0 aliphatic carbocycles. The molecular formula is C25H28F2N5O2Rb. The standard InChI is InChI=1S/C25H28F2N5O2.Rb/c1-18-10-21(31-8-6-28-7-9-31)3-5-24(18)33-13-19-12-25(34-14-19,15-32-17-29-16-30-32)22-4-2-20(26)11-23(22)27;/h2-5,10-11,16-17,19H,6-9,12-15H2,1H3;/q-1;+1/t19?,25-;/m0./s1. The second kappa shape index (κ2) is 11.9. The third kappa shape index (κ3) is 6.19. The number of ether oxygens (including phenoxy) is 2. The monoisotopic (exact) mass is 553 g/mol. The van der Waals surface area contributed by atoms with Crippen molar-refractivity contribution in [1.82, 2.24) is 14.8 Å². The third-order valence-corrected chi connectivity index (χ3v) is 6.57. The van der Waals surface area contributed by atoms with Crippen LogP contribution in [0.1, 0.15) is 17.5 Å². The second-order valence-electron chi connectivity index (χ2n) is 9.01. The zero-order valence-corrected chi connectivity index (χ0v) is 25.1. The maximum absolute atomic E-state index is 14.8. The maximum Gasteiger partial charge on any atom is 1.00 e. The minimum atomic E-state index is -0.974. The van der Waals surface area contributed by atoms with Crippen molar-refractivity contribution in [2.75, 3.05) is 44.3 Å². The first-order valence-electron chi connectivity index (χ1n) is 11.6. The van der Waals surface area contributed by atoms with Gasteiger partial charge in [0.15, 0.2) is 0 Å². The van der Waals surface area contributed by atoms with Crippen molar-refractivity contribution in [3.05, 3.63) is 77.1 Å². The van der Waals surface area contributed by atoms with Crippen molar-refractivity contribution in [2.45, 2.75) is 25.5 Å². The number of anilines is 1. The third-order valence-electron chi connectivity index (χ3n) is 6.57. The van der Waals surface area contributed by atoms with Crippen LogP contribution < -0.4 is 67.8 Å². The molecule has 3 aromatic rings. The number of piperazine rings is 1. The summed E-state index contributed by atoms with van der Waals surface area (Å²) in [4.78, 5) is 6.32. The Morgan fingerprint density at radius 3 is 2.71 bits per heavy atom. The number of benzene rings is 2. The summed E-state index contributed by atoms with van der Waals surface area (Å²) >= 11 is 0. The van der Waals surface area contributed by atoms with Crippen LogP contribution in [-0.4, -0.2) is 54.2 Å². The van der Waals surface area contributed by atoms with Crippen LogP contribution in [0.2, 0.25) is 0 Å². The van der Waals surface area contributed by atoms with E-state index in [-0.39, 0.29) is 70.7 Å². The zero-order chi connectivity index (χ0) is 23.5. The Labute approximate surface area is 253 Å². The van der Waals surface area contributed by atoms with Gasteiger partial charge in [0.25, 0.3) is 0 Å². The molecule has 35 heavy (non-hydrogen) atoms. The van der Waals surface area contributed by atoms with Crippen molar-refractivity contribution < 1.29 is 76.4 Å². The average molecular weight is 554 g/mol. The van der Waals surface area contributed by atoms with E-state index in [9.17, 15) is 8.78 Å². The fourth-order valence-electron chi connectivity index (χ4n) is 4.85. The van der Waals surface area contributed by atoms with E-state index >= 15 is 0 Å². The van der Waals surface area contributed by atoms with Gasteiger partial charge in [-0.15, -0.1) is 13.1 Å². The van der Waals surface area contributed by atoms with Crippen molar-refractivity contribution >= 4 is 5.69 Å². The molecular weight excluding hydrogens is 526 g/mol. The van der Waals surface area contributed by atoms with E-state index < -0.39 is 17.2 Å². The van der Waals surface area contributed by atoms with E-state index in [4.69, 9.17) is 9.47 Å². The van der Waals surface area contributed by atoms with Crippen molar-refractivity contribution in [3.63, 3.8) is 0 Å². The summed E-state index contributed by atoms with van der Waals surface area (Å²) in [6.45, 7) is 6.77. The van der Waals surface area contributed by atoms with Crippen LogP contribution in [0, 0.1) is 24.5 Å². The molecule has 1 aromatic heterocycles. The van der Waals surface area contributed by atoms with Crippen LogP contribution >= 0.6 is 0 Å². The minimum absolute atomic E-state index is 0. The van der Waals surface area contributed by atoms with Gasteiger partial charge >= 0.3 is 58.2 Å².